The average Bonchev–Trinajstić information content (AvgIpc) is 2.41. The highest BCUT2D eigenvalue weighted by Crippen LogP contribution is 2.12. The summed E-state index contributed by atoms with van der Waals surface area (Å²) in [5, 5.41) is 3.29. The predicted molar refractivity (Wildman–Crippen MR) is 69.7 cm³/mol. The highest BCUT2D eigenvalue weighted by molar-refractivity contribution is 5.94. The van der Waals surface area contributed by atoms with Gasteiger partial charge in [0, 0.05) is 25.3 Å². The summed E-state index contributed by atoms with van der Waals surface area (Å²) in [5.74, 6) is -0.173. The van der Waals surface area contributed by atoms with Gasteiger partial charge in [-0.25, -0.2) is 0 Å². The molecule has 2 rings (SSSR count). The maximum Gasteiger partial charge on any atom is 0.260 e. The first-order chi connectivity index (χ1) is 8.74. The first kappa shape index (κ1) is 12.8. The minimum Gasteiger partial charge on any atom is -0.334 e. The van der Waals surface area contributed by atoms with Crippen LogP contribution in [0.15, 0.2) is 23.1 Å². The molecule has 1 aliphatic rings. The number of aromatic nitrogens is 1. The zero-order valence-corrected chi connectivity index (χ0v) is 10.6. The number of rotatable bonds is 3. The lowest BCUT2D eigenvalue weighted by Gasteiger charge is -2.33. The van der Waals surface area contributed by atoms with Crippen LogP contribution in [0.2, 0.25) is 0 Å². The van der Waals surface area contributed by atoms with Gasteiger partial charge in [-0.15, -0.1) is 0 Å². The molecule has 1 amide bonds. The Morgan fingerprint density at radius 2 is 2.39 bits per heavy atom. The topological polar surface area (TPSA) is 65.2 Å². The molecule has 1 aliphatic heterocycles. The molecule has 0 radical (unpaired) electrons. The molecule has 1 aromatic rings. The Hall–Kier alpha value is -1.62. The van der Waals surface area contributed by atoms with Gasteiger partial charge in [0.2, 0.25) is 0 Å². The van der Waals surface area contributed by atoms with E-state index in [9.17, 15) is 9.59 Å². The van der Waals surface area contributed by atoms with E-state index >= 15 is 0 Å². The first-order valence-corrected chi connectivity index (χ1v) is 6.43. The zero-order valence-electron chi connectivity index (χ0n) is 10.6. The molecule has 2 N–H and O–H groups in total. The maximum absolute atomic E-state index is 12.4. The molecule has 1 fully saturated rings. The van der Waals surface area contributed by atoms with Crippen molar-refractivity contribution in [3.63, 3.8) is 0 Å². The van der Waals surface area contributed by atoms with Crippen molar-refractivity contribution in [2.24, 2.45) is 0 Å². The minimum atomic E-state index is -0.315. The van der Waals surface area contributed by atoms with Crippen LogP contribution in [0.4, 0.5) is 0 Å². The van der Waals surface area contributed by atoms with Crippen LogP contribution in [0.5, 0.6) is 0 Å². The van der Waals surface area contributed by atoms with Gasteiger partial charge in [-0.3, -0.25) is 9.59 Å². The average molecular weight is 249 g/mol. The first-order valence-electron chi connectivity index (χ1n) is 6.43. The maximum atomic E-state index is 12.4. The summed E-state index contributed by atoms with van der Waals surface area (Å²) in [5.41, 5.74) is -0.0883. The summed E-state index contributed by atoms with van der Waals surface area (Å²) in [7, 11) is 0. The quantitative estimate of drug-likeness (QED) is 0.824. The number of hydrogen-bond donors (Lipinski definition) is 2. The summed E-state index contributed by atoms with van der Waals surface area (Å²) in [4.78, 5) is 28.4. The largest absolute Gasteiger partial charge is 0.334 e. The fourth-order valence-electron chi connectivity index (χ4n) is 2.41. The van der Waals surface area contributed by atoms with E-state index < -0.39 is 0 Å². The van der Waals surface area contributed by atoms with Crippen molar-refractivity contribution in [2.75, 3.05) is 19.6 Å². The smallest absolute Gasteiger partial charge is 0.260 e. The number of piperidine rings is 1. The molecule has 0 saturated carbocycles. The van der Waals surface area contributed by atoms with Gasteiger partial charge >= 0.3 is 0 Å². The van der Waals surface area contributed by atoms with E-state index in [1.54, 1.807) is 17.0 Å². The van der Waals surface area contributed by atoms with Crippen LogP contribution in [0.1, 0.15) is 30.1 Å². The van der Waals surface area contributed by atoms with Crippen molar-refractivity contribution in [3.8, 4) is 0 Å². The van der Waals surface area contributed by atoms with Gasteiger partial charge in [0.05, 0.1) is 0 Å². The van der Waals surface area contributed by atoms with Crippen LogP contribution >= 0.6 is 0 Å². The molecular formula is C13H19N3O2. The van der Waals surface area contributed by atoms with E-state index in [1.165, 1.54) is 6.20 Å². The lowest BCUT2D eigenvalue weighted by Crippen LogP contribution is -2.49. The van der Waals surface area contributed by atoms with Crippen LogP contribution in [0.3, 0.4) is 0 Å². The van der Waals surface area contributed by atoms with Gasteiger partial charge in [0.1, 0.15) is 5.56 Å². The lowest BCUT2D eigenvalue weighted by molar-refractivity contribution is 0.0660. The summed E-state index contributed by atoms with van der Waals surface area (Å²) >= 11 is 0. The molecule has 0 spiro atoms. The highest BCUT2D eigenvalue weighted by Gasteiger charge is 2.26. The van der Waals surface area contributed by atoms with Gasteiger partial charge in [-0.1, -0.05) is 0 Å². The van der Waals surface area contributed by atoms with E-state index in [2.05, 4.69) is 10.3 Å². The number of aromatic amines is 1. The van der Waals surface area contributed by atoms with Crippen LogP contribution in [-0.2, 0) is 0 Å². The van der Waals surface area contributed by atoms with E-state index in [1.807, 2.05) is 6.92 Å². The third kappa shape index (κ3) is 2.61. The van der Waals surface area contributed by atoms with Crippen molar-refractivity contribution in [3.05, 3.63) is 34.2 Å². The van der Waals surface area contributed by atoms with Crippen molar-refractivity contribution in [2.45, 2.75) is 25.8 Å². The summed E-state index contributed by atoms with van der Waals surface area (Å²) in [6, 6.07) is 3.46. The Labute approximate surface area is 106 Å². The predicted octanol–water partition coefficient (Wildman–Crippen LogP) is 0.589. The van der Waals surface area contributed by atoms with Gasteiger partial charge in [-0.2, -0.15) is 0 Å². The molecule has 2 heterocycles. The van der Waals surface area contributed by atoms with Crippen molar-refractivity contribution < 1.29 is 4.79 Å². The molecule has 0 bridgehead atoms. The Bertz CT molecular complexity index is 463. The van der Waals surface area contributed by atoms with Crippen molar-refractivity contribution in [1.29, 1.82) is 0 Å². The number of likely N-dealkylation sites (N-methyl/N-ethyl adjacent to an activating group) is 1. The van der Waals surface area contributed by atoms with E-state index in [0.29, 0.717) is 6.54 Å². The Morgan fingerprint density at radius 1 is 1.56 bits per heavy atom. The fourth-order valence-corrected chi connectivity index (χ4v) is 2.41. The van der Waals surface area contributed by atoms with Gasteiger partial charge in [0.15, 0.2) is 0 Å². The van der Waals surface area contributed by atoms with Crippen LogP contribution in [-0.4, -0.2) is 41.5 Å². The second kappa shape index (κ2) is 5.82. The molecule has 1 saturated heterocycles. The SMILES string of the molecule is CCN(C(=O)c1ccc[nH]c1=O)C1CCCNC1. The number of hydrogen-bond acceptors (Lipinski definition) is 3. The Kier molecular flexibility index (Phi) is 4.15. The number of carbonyl (C=O) groups is 1. The van der Waals surface area contributed by atoms with Crippen LogP contribution in [0, 0.1) is 0 Å². The summed E-state index contributed by atoms with van der Waals surface area (Å²) in [6.45, 7) is 4.39. The normalized spacial score (nSPS) is 19.5. The molecule has 5 heteroatoms. The fraction of sp³-hybridized carbons (Fsp3) is 0.538. The summed E-state index contributed by atoms with van der Waals surface area (Å²) < 4.78 is 0. The zero-order chi connectivity index (χ0) is 13.0. The molecular weight excluding hydrogens is 230 g/mol. The highest BCUT2D eigenvalue weighted by atomic mass is 16.2. The second-order valence-corrected chi connectivity index (χ2v) is 4.50. The molecule has 1 unspecified atom stereocenters. The monoisotopic (exact) mass is 249 g/mol. The van der Waals surface area contributed by atoms with Gasteiger partial charge in [0.25, 0.3) is 11.5 Å². The molecule has 5 nitrogen and oxygen atoms in total. The minimum absolute atomic E-state index is 0.173. The number of pyridine rings is 1. The Morgan fingerprint density at radius 3 is 3.00 bits per heavy atom. The third-order valence-electron chi connectivity index (χ3n) is 3.36. The van der Waals surface area contributed by atoms with E-state index in [-0.39, 0.29) is 23.1 Å². The van der Waals surface area contributed by atoms with Gasteiger partial charge in [-0.05, 0) is 38.4 Å². The third-order valence-corrected chi connectivity index (χ3v) is 3.36. The van der Waals surface area contributed by atoms with Crippen LogP contribution < -0.4 is 10.9 Å². The lowest BCUT2D eigenvalue weighted by atomic mass is 10.0. The van der Waals surface area contributed by atoms with Gasteiger partial charge < -0.3 is 15.2 Å². The number of H-pyrrole nitrogens is 1. The molecule has 0 aliphatic carbocycles. The number of nitrogens with zero attached hydrogens (tertiary/aromatic N) is 1. The van der Waals surface area contributed by atoms with E-state index in [4.69, 9.17) is 0 Å². The van der Waals surface area contributed by atoms with E-state index in [0.717, 1.165) is 25.9 Å². The molecule has 1 atom stereocenters. The number of carbonyl (C=O) groups excluding carboxylic acids is 1. The molecule has 0 aromatic carbocycles. The number of amides is 1. The second-order valence-electron chi connectivity index (χ2n) is 4.50. The Balaban J connectivity index is 2.19. The molecule has 1 aromatic heterocycles. The standard InChI is InChI=1S/C13H19N3O2/c1-2-16(10-5-3-7-14-9-10)13(18)11-6-4-8-15-12(11)17/h4,6,8,10,14H,2-3,5,7,9H2,1H3,(H,15,17). The molecule has 18 heavy (non-hydrogen) atoms. The number of nitrogens with one attached hydrogen (secondary N) is 2. The molecule has 98 valence electrons. The van der Waals surface area contributed by atoms with Crippen molar-refractivity contribution >= 4 is 5.91 Å². The summed E-state index contributed by atoms with van der Waals surface area (Å²) in [6.07, 6.45) is 3.61. The van der Waals surface area contributed by atoms with Crippen molar-refractivity contribution in [1.82, 2.24) is 15.2 Å². The van der Waals surface area contributed by atoms with Crippen LogP contribution in [0.25, 0.3) is 0 Å².